The highest BCUT2D eigenvalue weighted by atomic mass is 35.5. The van der Waals surface area contributed by atoms with Crippen molar-refractivity contribution in [2.75, 3.05) is 31.1 Å². The fourth-order valence-electron chi connectivity index (χ4n) is 2.58. The van der Waals surface area contributed by atoms with Crippen molar-refractivity contribution in [3.8, 4) is 0 Å². The molecule has 0 aliphatic carbocycles. The highest BCUT2D eigenvalue weighted by Gasteiger charge is 2.23. The molecule has 0 unspecified atom stereocenters. The number of anilines is 1. The molecule has 0 radical (unpaired) electrons. The molecular formula is C15H18Cl2N4O. The molecule has 1 fully saturated rings. The second-order valence-electron chi connectivity index (χ2n) is 5.13. The van der Waals surface area contributed by atoms with Gasteiger partial charge < -0.3 is 14.4 Å². The van der Waals surface area contributed by atoms with Crippen LogP contribution in [0.25, 0.3) is 0 Å². The number of carbonyl (C=O) groups excluding carboxylic acids is 1. The number of hydrogen-bond donors (Lipinski definition) is 0. The van der Waals surface area contributed by atoms with Crippen LogP contribution in [0.3, 0.4) is 0 Å². The van der Waals surface area contributed by atoms with Crippen molar-refractivity contribution >= 4 is 35.9 Å². The van der Waals surface area contributed by atoms with Crippen LogP contribution >= 0.6 is 24.0 Å². The van der Waals surface area contributed by atoms with Crippen molar-refractivity contribution in [2.45, 2.75) is 0 Å². The van der Waals surface area contributed by atoms with Crippen molar-refractivity contribution in [3.63, 3.8) is 0 Å². The number of hydrogen-bond acceptors (Lipinski definition) is 3. The van der Waals surface area contributed by atoms with Crippen molar-refractivity contribution in [1.29, 1.82) is 0 Å². The van der Waals surface area contributed by atoms with Gasteiger partial charge in [-0.3, -0.25) is 4.79 Å². The van der Waals surface area contributed by atoms with E-state index in [9.17, 15) is 4.79 Å². The third kappa shape index (κ3) is 3.36. The van der Waals surface area contributed by atoms with Gasteiger partial charge in [0, 0.05) is 56.2 Å². The molecule has 1 amide bonds. The first-order chi connectivity index (χ1) is 10.1. The highest BCUT2D eigenvalue weighted by molar-refractivity contribution is 6.30. The number of benzene rings is 1. The van der Waals surface area contributed by atoms with E-state index in [1.807, 2.05) is 22.7 Å². The number of aryl methyl sites for hydroxylation is 1. The van der Waals surface area contributed by atoms with Gasteiger partial charge >= 0.3 is 0 Å². The number of piperazine rings is 1. The second kappa shape index (κ2) is 7.03. The van der Waals surface area contributed by atoms with Crippen LogP contribution in [0, 0.1) is 0 Å². The predicted octanol–water partition coefficient (Wildman–Crippen LogP) is 2.46. The standard InChI is InChI=1S/C15H17ClN4O.ClH/c1-18-6-5-17-15(18)20-9-7-19(8-10-20)14(21)12-3-2-4-13(16)11-12;/h2-6,11H,7-10H2,1H3;1H. The summed E-state index contributed by atoms with van der Waals surface area (Å²) in [5, 5.41) is 0.590. The van der Waals surface area contributed by atoms with Gasteiger partial charge in [-0.15, -0.1) is 12.4 Å². The average molecular weight is 341 g/mol. The number of carbonyl (C=O) groups is 1. The summed E-state index contributed by atoms with van der Waals surface area (Å²) in [6.45, 7) is 2.96. The minimum absolute atomic E-state index is 0. The fourth-order valence-corrected chi connectivity index (χ4v) is 2.77. The topological polar surface area (TPSA) is 41.4 Å². The van der Waals surface area contributed by atoms with Crippen LogP contribution < -0.4 is 4.90 Å². The van der Waals surface area contributed by atoms with Gasteiger partial charge in [-0.1, -0.05) is 17.7 Å². The Bertz CT molecular complexity index is 650. The molecule has 0 spiro atoms. The summed E-state index contributed by atoms with van der Waals surface area (Å²) in [6.07, 6.45) is 3.72. The third-order valence-electron chi connectivity index (χ3n) is 3.72. The largest absolute Gasteiger partial charge is 0.339 e. The summed E-state index contributed by atoms with van der Waals surface area (Å²) in [5.41, 5.74) is 0.646. The zero-order valence-electron chi connectivity index (χ0n) is 12.3. The van der Waals surface area contributed by atoms with Crippen LogP contribution in [-0.2, 0) is 7.05 Å². The van der Waals surface area contributed by atoms with Crippen LogP contribution in [-0.4, -0.2) is 46.5 Å². The lowest BCUT2D eigenvalue weighted by atomic mass is 10.2. The van der Waals surface area contributed by atoms with Gasteiger partial charge in [-0.25, -0.2) is 4.98 Å². The van der Waals surface area contributed by atoms with E-state index < -0.39 is 0 Å². The molecule has 1 aromatic heterocycles. The molecule has 22 heavy (non-hydrogen) atoms. The Morgan fingerprint density at radius 3 is 2.55 bits per heavy atom. The Balaban J connectivity index is 0.00000176. The summed E-state index contributed by atoms with van der Waals surface area (Å²) in [6, 6.07) is 7.10. The maximum absolute atomic E-state index is 12.4. The lowest BCUT2D eigenvalue weighted by Crippen LogP contribution is -2.49. The zero-order valence-corrected chi connectivity index (χ0v) is 13.8. The van der Waals surface area contributed by atoms with Crippen molar-refractivity contribution in [1.82, 2.24) is 14.5 Å². The van der Waals surface area contributed by atoms with Crippen molar-refractivity contribution in [2.24, 2.45) is 7.05 Å². The molecule has 1 saturated heterocycles. The quantitative estimate of drug-likeness (QED) is 0.843. The molecule has 0 atom stereocenters. The maximum atomic E-state index is 12.4. The van der Waals surface area contributed by atoms with Gasteiger partial charge in [0.15, 0.2) is 0 Å². The summed E-state index contributed by atoms with van der Waals surface area (Å²) in [4.78, 5) is 20.8. The average Bonchev–Trinajstić information content (AvgIpc) is 2.93. The summed E-state index contributed by atoms with van der Waals surface area (Å²) in [5.74, 6) is 0.988. The van der Waals surface area contributed by atoms with E-state index in [0.717, 1.165) is 19.0 Å². The molecule has 118 valence electrons. The van der Waals surface area contributed by atoms with Crippen LogP contribution in [0.4, 0.5) is 5.95 Å². The molecule has 1 aliphatic rings. The molecule has 0 saturated carbocycles. The predicted molar refractivity (Wildman–Crippen MR) is 90.0 cm³/mol. The number of imidazole rings is 1. The molecule has 0 bridgehead atoms. The summed E-state index contributed by atoms with van der Waals surface area (Å²) >= 11 is 5.95. The Morgan fingerprint density at radius 2 is 1.95 bits per heavy atom. The molecule has 3 rings (SSSR count). The minimum atomic E-state index is 0. The van der Waals surface area contributed by atoms with Crippen LogP contribution in [0.15, 0.2) is 36.7 Å². The number of nitrogens with zero attached hydrogens (tertiary/aromatic N) is 4. The van der Waals surface area contributed by atoms with Crippen LogP contribution in [0.2, 0.25) is 5.02 Å². The molecule has 1 aliphatic heterocycles. The fraction of sp³-hybridized carbons (Fsp3) is 0.333. The maximum Gasteiger partial charge on any atom is 0.254 e. The summed E-state index contributed by atoms with van der Waals surface area (Å²) < 4.78 is 1.99. The number of aromatic nitrogens is 2. The van der Waals surface area contributed by atoms with Crippen molar-refractivity contribution < 1.29 is 4.79 Å². The number of halogens is 2. The molecule has 2 aromatic rings. The van der Waals surface area contributed by atoms with E-state index in [4.69, 9.17) is 11.6 Å². The lowest BCUT2D eigenvalue weighted by molar-refractivity contribution is 0.0746. The van der Waals surface area contributed by atoms with E-state index in [2.05, 4.69) is 9.88 Å². The molecule has 1 aromatic carbocycles. The highest BCUT2D eigenvalue weighted by Crippen LogP contribution is 2.16. The van der Waals surface area contributed by atoms with E-state index in [1.54, 1.807) is 30.5 Å². The van der Waals surface area contributed by atoms with Gasteiger partial charge in [0.2, 0.25) is 5.95 Å². The molecular weight excluding hydrogens is 323 g/mol. The smallest absolute Gasteiger partial charge is 0.254 e. The van der Waals surface area contributed by atoms with Gasteiger partial charge in [0.1, 0.15) is 0 Å². The Morgan fingerprint density at radius 1 is 1.23 bits per heavy atom. The van der Waals surface area contributed by atoms with E-state index >= 15 is 0 Å². The molecule has 2 heterocycles. The minimum Gasteiger partial charge on any atom is -0.339 e. The lowest BCUT2D eigenvalue weighted by Gasteiger charge is -2.35. The Kier molecular flexibility index (Phi) is 5.32. The van der Waals surface area contributed by atoms with E-state index in [-0.39, 0.29) is 18.3 Å². The van der Waals surface area contributed by atoms with Crippen LogP contribution in [0.1, 0.15) is 10.4 Å². The Hall–Kier alpha value is -1.72. The number of rotatable bonds is 2. The Labute approximate surface area is 140 Å². The van der Waals surface area contributed by atoms with Gasteiger partial charge in [0.25, 0.3) is 5.91 Å². The van der Waals surface area contributed by atoms with Gasteiger partial charge in [0.05, 0.1) is 0 Å². The SMILES string of the molecule is Cl.Cn1ccnc1N1CCN(C(=O)c2cccc(Cl)c2)CC1. The first-order valence-corrected chi connectivity index (χ1v) is 7.30. The van der Waals surface area contributed by atoms with Crippen LogP contribution in [0.5, 0.6) is 0 Å². The van der Waals surface area contributed by atoms with Gasteiger partial charge in [-0.2, -0.15) is 0 Å². The van der Waals surface area contributed by atoms with Gasteiger partial charge in [-0.05, 0) is 18.2 Å². The molecule has 7 heteroatoms. The van der Waals surface area contributed by atoms with E-state index in [1.165, 1.54) is 0 Å². The first-order valence-electron chi connectivity index (χ1n) is 6.92. The second-order valence-corrected chi connectivity index (χ2v) is 5.56. The molecule has 0 N–H and O–H groups in total. The van der Waals surface area contributed by atoms with E-state index in [0.29, 0.717) is 23.7 Å². The monoisotopic (exact) mass is 340 g/mol. The zero-order chi connectivity index (χ0) is 14.8. The van der Waals surface area contributed by atoms with Crippen molar-refractivity contribution in [3.05, 3.63) is 47.2 Å². The molecule has 5 nitrogen and oxygen atoms in total. The third-order valence-corrected chi connectivity index (χ3v) is 3.95. The first kappa shape index (κ1) is 16.6. The normalized spacial score (nSPS) is 14.6. The summed E-state index contributed by atoms with van der Waals surface area (Å²) in [7, 11) is 1.98. The number of amides is 1.